The predicted octanol–water partition coefficient (Wildman–Crippen LogP) is 4.00. The molecule has 1 N–H and O–H groups in total. The van der Waals surface area contributed by atoms with Crippen molar-refractivity contribution < 1.29 is 4.74 Å². The second-order valence-corrected chi connectivity index (χ2v) is 6.86. The summed E-state index contributed by atoms with van der Waals surface area (Å²) in [5.41, 5.74) is 4.40. The number of aromatic amines is 1. The molecule has 3 aromatic heterocycles. The average Bonchev–Trinajstić information content (AvgIpc) is 3.25. The van der Waals surface area contributed by atoms with E-state index in [1.165, 1.54) is 0 Å². The summed E-state index contributed by atoms with van der Waals surface area (Å²) in [5, 5.41) is 1.61. The second-order valence-electron chi connectivity index (χ2n) is 6.86. The van der Waals surface area contributed by atoms with Gasteiger partial charge in [0.2, 0.25) is 0 Å². The Morgan fingerprint density at radius 1 is 1.03 bits per heavy atom. The second kappa shape index (κ2) is 6.91. The van der Waals surface area contributed by atoms with Crippen LogP contribution in [-0.2, 0) is 6.54 Å². The summed E-state index contributed by atoms with van der Waals surface area (Å²) in [6.07, 6.45) is 5.23. The SMILES string of the molecule is COc1cccc(Cn2cnc3ccc(-c4ccnc5[nH]ccc45)cc3c2=O)c1. The van der Waals surface area contributed by atoms with Crippen LogP contribution in [-0.4, -0.2) is 26.6 Å². The molecule has 6 heteroatoms. The molecule has 0 atom stereocenters. The highest BCUT2D eigenvalue weighted by Gasteiger charge is 2.10. The molecule has 0 aliphatic carbocycles. The number of pyridine rings is 1. The van der Waals surface area contributed by atoms with Crippen molar-refractivity contribution in [3.8, 4) is 16.9 Å². The zero-order valence-corrected chi connectivity index (χ0v) is 15.8. The molecule has 142 valence electrons. The van der Waals surface area contributed by atoms with E-state index < -0.39 is 0 Å². The molecule has 0 radical (unpaired) electrons. The summed E-state index contributed by atoms with van der Waals surface area (Å²) >= 11 is 0. The molecule has 0 unspecified atom stereocenters. The molecule has 2 aromatic carbocycles. The van der Waals surface area contributed by atoms with Crippen LogP contribution in [0.25, 0.3) is 33.1 Å². The number of H-pyrrole nitrogens is 1. The van der Waals surface area contributed by atoms with E-state index in [0.29, 0.717) is 17.4 Å². The Morgan fingerprint density at radius 2 is 1.97 bits per heavy atom. The first-order chi connectivity index (χ1) is 14.2. The summed E-state index contributed by atoms with van der Waals surface area (Å²) in [6.45, 7) is 0.431. The van der Waals surface area contributed by atoms with Crippen molar-refractivity contribution in [3.05, 3.63) is 89.2 Å². The van der Waals surface area contributed by atoms with Crippen LogP contribution >= 0.6 is 0 Å². The fourth-order valence-corrected chi connectivity index (χ4v) is 3.62. The first-order valence-corrected chi connectivity index (χ1v) is 9.27. The van der Waals surface area contributed by atoms with Gasteiger partial charge in [-0.2, -0.15) is 0 Å². The van der Waals surface area contributed by atoms with Crippen molar-refractivity contribution in [1.29, 1.82) is 0 Å². The molecular formula is C23H18N4O2. The van der Waals surface area contributed by atoms with Gasteiger partial charge in [-0.3, -0.25) is 9.36 Å². The summed E-state index contributed by atoms with van der Waals surface area (Å²) in [4.78, 5) is 25.1. The lowest BCUT2D eigenvalue weighted by Gasteiger charge is -2.09. The molecule has 5 rings (SSSR count). The van der Waals surface area contributed by atoms with Crippen molar-refractivity contribution in [2.24, 2.45) is 0 Å². The fourth-order valence-electron chi connectivity index (χ4n) is 3.62. The number of benzene rings is 2. The van der Waals surface area contributed by atoms with Crippen molar-refractivity contribution >= 4 is 21.9 Å². The first-order valence-electron chi connectivity index (χ1n) is 9.27. The number of aromatic nitrogens is 4. The monoisotopic (exact) mass is 382 g/mol. The molecule has 0 saturated heterocycles. The Bertz CT molecular complexity index is 1400. The summed E-state index contributed by atoms with van der Waals surface area (Å²) < 4.78 is 6.90. The van der Waals surface area contributed by atoms with Gasteiger partial charge in [-0.1, -0.05) is 18.2 Å². The van der Waals surface area contributed by atoms with Crippen LogP contribution in [0.15, 0.2) is 78.1 Å². The maximum atomic E-state index is 13.2. The van der Waals surface area contributed by atoms with E-state index in [0.717, 1.165) is 33.5 Å². The molecule has 0 aliphatic rings. The molecule has 3 heterocycles. The minimum atomic E-state index is -0.0703. The fraction of sp³-hybridized carbons (Fsp3) is 0.0870. The Balaban J connectivity index is 1.61. The Hall–Kier alpha value is -3.93. The lowest BCUT2D eigenvalue weighted by Crippen LogP contribution is -2.21. The number of methoxy groups -OCH3 is 1. The Labute approximate surface area is 166 Å². The molecule has 0 bridgehead atoms. The third kappa shape index (κ3) is 3.04. The molecular weight excluding hydrogens is 364 g/mol. The molecule has 0 amide bonds. The molecule has 5 aromatic rings. The van der Waals surface area contributed by atoms with Gasteiger partial charge in [0, 0.05) is 17.8 Å². The number of rotatable bonds is 4. The van der Waals surface area contributed by atoms with Gasteiger partial charge >= 0.3 is 0 Å². The zero-order valence-electron chi connectivity index (χ0n) is 15.8. The van der Waals surface area contributed by atoms with Crippen LogP contribution in [0.4, 0.5) is 0 Å². The zero-order chi connectivity index (χ0) is 19.8. The van der Waals surface area contributed by atoms with Gasteiger partial charge in [0.15, 0.2) is 0 Å². The van der Waals surface area contributed by atoms with Crippen LogP contribution < -0.4 is 10.3 Å². The highest BCUT2D eigenvalue weighted by atomic mass is 16.5. The van der Waals surface area contributed by atoms with Crippen molar-refractivity contribution in [2.75, 3.05) is 7.11 Å². The third-order valence-corrected chi connectivity index (χ3v) is 5.08. The number of nitrogens with one attached hydrogen (secondary N) is 1. The summed E-state index contributed by atoms with van der Waals surface area (Å²) in [6, 6.07) is 17.4. The number of fused-ring (bicyclic) bond motifs is 2. The van der Waals surface area contributed by atoms with E-state index in [1.807, 2.05) is 60.8 Å². The van der Waals surface area contributed by atoms with Gasteiger partial charge in [-0.25, -0.2) is 9.97 Å². The van der Waals surface area contributed by atoms with Gasteiger partial charge in [0.1, 0.15) is 11.4 Å². The van der Waals surface area contributed by atoms with Crippen molar-refractivity contribution in [3.63, 3.8) is 0 Å². The number of hydrogen-bond donors (Lipinski definition) is 1. The molecule has 6 nitrogen and oxygen atoms in total. The number of hydrogen-bond acceptors (Lipinski definition) is 4. The van der Waals surface area contributed by atoms with Crippen LogP contribution in [0.1, 0.15) is 5.56 Å². The lowest BCUT2D eigenvalue weighted by molar-refractivity contribution is 0.414. The maximum Gasteiger partial charge on any atom is 0.261 e. The van der Waals surface area contributed by atoms with Crippen LogP contribution in [0.3, 0.4) is 0 Å². The van der Waals surface area contributed by atoms with E-state index in [2.05, 4.69) is 15.0 Å². The van der Waals surface area contributed by atoms with Crippen molar-refractivity contribution in [2.45, 2.75) is 6.54 Å². The molecule has 0 aliphatic heterocycles. The first kappa shape index (κ1) is 17.2. The maximum absolute atomic E-state index is 13.2. The number of ether oxygens (including phenoxy) is 1. The van der Waals surface area contributed by atoms with Gasteiger partial charge in [-0.05, 0) is 53.1 Å². The minimum Gasteiger partial charge on any atom is -0.497 e. The Morgan fingerprint density at radius 3 is 2.86 bits per heavy atom. The average molecular weight is 382 g/mol. The van der Waals surface area contributed by atoms with E-state index in [4.69, 9.17) is 4.74 Å². The number of nitrogens with zero attached hydrogens (tertiary/aromatic N) is 3. The quantitative estimate of drug-likeness (QED) is 0.510. The van der Waals surface area contributed by atoms with Gasteiger partial charge in [0.25, 0.3) is 5.56 Å². The molecule has 0 saturated carbocycles. The smallest absolute Gasteiger partial charge is 0.261 e. The Kier molecular flexibility index (Phi) is 4.09. The topological polar surface area (TPSA) is 72.8 Å². The summed E-state index contributed by atoms with van der Waals surface area (Å²) in [7, 11) is 1.63. The largest absolute Gasteiger partial charge is 0.497 e. The van der Waals surface area contributed by atoms with Gasteiger partial charge in [-0.15, -0.1) is 0 Å². The minimum absolute atomic E-state index is 0.0703. The highest BCUT2D eigenvalue weighted by molar-refractivity contribution is 5.95. The van der Waals surface area contributed by atoms with E-state index in [9.17, 15) is 4.79 Å². The molecule has 0 fully saturated rings. The molecule has 29 heavy (non-hydrogen) atoms. The highest BCUT2D eigenvalue weighted by Crippen LogP contribution is 2.28. The van der Waals surface area contributed by atoms with E-state index in [1.54, 1.807) is 24.2 Å². The summed E-state index contributed by atoms with van der Waals surface area (Å²) in [5.74, 6) is 0.764. The van der Waals surface area contributed by atoms with Crippen LogP contribution in [0.5, 0.6) is 5.75 Å². The van der Waals surface area contributed by atoms with Gasteiger partial charge in [0.05, 0.1) is 30.9 Å². The van der Waals surface area contributed by atoms with Crippen LogP contribution in [0, 0.1) is 0 Å². The van der Waals surface area contributed by atoms with Crippen molar-refractivity contribution in [1.82, 2.24) is 19.5 Å². The van der Waals surface area contributed by atoms with E-state index in [-0.39, 0.29) is 5.56 Å². The third-order valence-electron chi connectivity index (χ3n) is 5.08. The lowest BCUT2D eigenvalue weighted by atomic mass is 10.0. The van der Waals surface area contributed by atoms with Crippen LogP contribution in [0.2, 0.25) is 0 Å². The standard InChI is InChI=1S/C23H18N4O2/c1-29-17-4-2-3-15(11-17)13-27-14-26-21-6-5-16(12-20(21)23(27)28)18-7-9-24-22-19(18)8-10-25-22/h2-12,14H,13H2,1H3,(H,24,25). The molecule has 0 spiro atoms. The van der Waals surface area contributed by atoms with E-state index >= 15 is 0 Å². The van der Waals surface area contributed by atoms with Gasteiger partial charge < -0.3 is 9.72 Å². The predicted molar refractivity (Wildman–Crippen MR) is 113 cm³/mol. The normalized spacial score (nSPS) is 11.2.